The molecule has 0 saturated heterocycles. The van der Waals surface area contributed by atoms with Crippen molar-refractivity contribution in [2.75, 3.05) is 11.9 Å². The number of hydrogen-bond acceptors (Lipinski definition) is 2. The standard InChI is InChI=1S/C10H13BrN2/c1-7-5-6-12-10(9(7)11)13(2)8-3-4-8/h5-6,8H,3-4H2,1-2H3. The Morgan fingerprint density at radius 1 is 1.54 bits per heavy atom. The summed E-state index contributed by atoms with van der Waals surface area (Å²) in [6.07, 6.45) is 4.48. The van der Waals surface area contributed by atoms with Crippen LogP contribution < -0.4 is 4.90 Å². The molecule has 0 bridgehead atoms. The highest BCUT2D eigenvalue weighted by molar-refractivity contribution is 9.10. The highest BCUT2D eigenvalue weighted by atomic mass is 79.9. The molecule has 0 radical (unpaired) electrons. The minimum absolute atomic E-state index is 0.714. The molecular formula is C10H13BrN2. The highest BCUT2D eigenvalue weighted by Gasteiger charge is 2.28. The third-order valence-electron chi connectivity index (χ3n) is 2.49. The van der Waals surface area contributed by atoms with Crippen LogP contribution in [0.2, 0.25) is 0 Å². The second-order valence-corrected chi connectivity index (χ2v) is 4.40. The van der Waals surface area contributed by atoms with Gasteiger partial charge in [0.15, 0.2) is 0 Å². The number of aromatic nitrogens is 1. The van der Waals surface area contributed by atoms with Crippen LogP contribution in [0.25, 0.3) is 0 Å². The van der Waals surface area contributed by atoms with Crippen molar-refractivity contribution >= 4 is 21.7 Å². The summed E-state index contributed by atoms with van der Waals surface area (Å²) in [5.41, 5.74) is 1.25. The van der Waals surface area contributed by atoms with E-state index in [0.29, 0.717) is 6.04 Å². The number of hydrogen-bond donors (Lipinski definition) is 0. The molecule has 0 N–H and O–H groups in total. The molecule has 2 rings (SSSR count). The molecule has 0 spiro atoms. The third kappa shape index (κ3) is 1.70. The van der Waals surface area contributed by atoms with Crippen LogP contribution in [-0.2, 0) is 0 Å². The summed E-state index contributed by atoms with van der Waals surface area (Å²) in [5, 5.41) is 0. The van der Waals surface area contributed by atoms with E-state index in [2.05, 4.69) is 39.8 Å². The molecule has 1 fully saturated rings. The second-order valence-electron chi connectivity index (χ2n) is 3.61. The van der Waals surface area contributed by atoms with Crippen LogP contribution in [0.1, 0.15) is 18.4 Å². The minimum atomic E-state index is 0.714. The molecule has 1 heterocycles. The van der Waals surface area contributed by atoms with Crippen molar-refractivity contribution in [1.29, 1.82) is 0 Å². The van der Waals surface area contributed by atoms with Gasteiger partial charge in [0.2, 0.25) is 0 Å². The quantitative estimate of drug-likeness (QED) is 0.791. The Balaban J connectivity index is 2.32. The van der Waals surface area contributed by atoms with Gasteiger partial charge in [0, 0.05) is 19.3 Å². The molecule has 1 aliphatic rings. The fourth-order valence-corrected chi connectivity index (χ4v) is 1.92. The minimum Gasteiger partial charge on any atom is -0.356 e. The van der Waals surface area contributed by atoms with Gasteiger partial charge < -0.3 is 4.90 Å². The monoisotopic (exact) mass is 240 g/mol. The van der Waals surface area contributed by atoms with Crippen molar-refractivity contribution in [2.24, 2.45) is 0 Å². The molecule has 70 valence electrons. The van der Waals surface area contributed by atoms with E-state index in [1.807, 2.05) is 12.3 Å². The smallest absolute Gasteiger partial charge is 0.143 e. The van der Waals surface area contributed by atoms with E-state index in [4.69, 9.17) is 0 Å². The van der Waals surface area contributed by atoms with E-state index in [9.17, 15) is 0 Å². The molecule has 1 aromatic rings. The van der Waals surface area contributed by atoms with Crippen molar-refractivity contribution in [3.05, 3.63) is 22.3 Å². The van der Waals surface area contributed by atoms with Crippen LogP contribution in [0.4, 0.5) is 5.82 Å². The van der Waals surface area contributed by atoms with Gasteiger partial charge in [-0.05, 0) is 47.3 Å². The molecule has 0 aromatic carbocycles. The van der Waals surface area contributed by atoms with Crippen molar-refractivity contribution < 1.29 is 0 Å². The Labute approximate surface area is 87.1 Å². The van der Waals surface area contributed by atoms with Crippen LogP contribution in [0, 0.1) is 6.92 Å². The Kier molecular flexibility index (Phi) is 2.28. The second kappa shape index (κ2) is 3.29. The van der Waals surface area contributed by atoms with Gasteiger partial charge in [-0.3, -0.25) is 0 Å². The maximum absolute atomic E-state index is 4.38. The number of nitrogens with zero attached hydrogens (tertiary/aromatic N) is 2. The Morgan fingerprint density at radius 2 is 2.23 bits per heavy atom. The Bertz CT molecular complexity index is 321. The first kappa shape index (κ1) is 9.00. The topological polar surface area (TPSA) is 16.1 Å². The molecule has 0 unspecified atom stereocenters. The van der Waals surface area contributed by atoms with Gasteiger partial charge in [0.1, 0.15) is 5.82 Å². The van der Waals surface area contributed by atoms with Gasteiger partial charge in [0.05, 0.1) is 4.47 Å². The zero-order valence-corrected chi connectivity index (χ0v) is 9.50. The van der Waals surface area contributed by atoms with E-state index in [-0.39, 0.29) is 0 Å². The lowest BCUT2D eigenvalue weighted by atomic mass is 10.3. The number of anilines is 1. The van der Waals surface area contributed by atoms with E-state index >= 15 is 0 Å². The zero-order chi connectivity index (χ0) is 9.42. The average Bonchev–Trinajstić information content (AvgIpc) is 2.91. The largest absolute Gasteiger partial charge is 0.356 e. The summed E-state index contributed by atoms with van der Waals surface area (Å²) < 4.78 is 1.13. The molecular weight excluding hydrogens is 228 g/mol. The molecule has 1 saturated carbocycles. The van der Waals surface area contributed by atoms with Crippen molar-refractivity contribution in [1.82, 2.24) is 4.98 Å². The van der Waals surface area contributed by atoms with Gasteiger partial charge in [0.25, 0.3) is 0 Å². The SMILES string of the molecule is Cc1ccnc(N(C)C2CC2)c1Br. The first-order chi connectivity index (χ1) is 6.20. The van der Waals surface area contributed by atoms with Crippen LogP contribution in [-0.4, -0.2) is 18.1 Å². The van der Waals surface area contributed by atoms with Crippen LogP contribution >= 0.6 is 15.9 Å². The average molecular weight is 241 g/mol. The van der Waals surface area contributed by atoms with Gasteiger partial charge in [-0.25, -0.2) is 4.98 Å². The summed E-state index contributed by atoms with van der Waals surface area (Å²) in [6.45, 7) is 2.09. The van der Waals surface area contributed by atoms with E-state index in [1.165, 1.54) is 18.4 Å². The van der Waals surface area contributed by atoms with E-state index < -0.39 is 0 Å². The summed E-state index contributed by atoms with van der Waals surface area (Å²) in [5.74, 6) is 1.07. The van der Waals surface area contributed by atoms with Gasteiger partial charge in [-0.2, -0.15) is 0 Å². The van der Waals surface area contributed by atoms with Gasteiger partial charge in [-0.15, -0.1) is 0 Å². The predicted octanol–water partition coefficient (Wildman–Crippen LogP) is 2.75. The molecule has 0 atom stereocenters. The normalized spacial score (nSPS) is 15.9. The summed E-state index contributed by atoms with van der Waals surface area (Å²) in [6, 6.07) is 2.74. The number of pyridine rings is 1. The van der Waals surface area contributed by atoms with Crippen LogP contribution in [0.5, 0.6) is 0 Å². The zero-order valence-electron chi connectivity index (χ0n) is 7.92. The summed E-state index contributed by atoms with van der Waals surface area (Å²) >= 11 is 3.57. The lowest BCUT2D eigenvalue weighted by molar-refractivity contribution is 0.886. The number of aryl methyl sites for hydroxylation is 1. The highest BCUT2D eigenvalue weighted by Crippen LogP contribution is 2.34. The number of rotatable bonds is 2. The Hall–Kier alpha value is -0.570. The molecule has 13 heavy (non-hydrogen) atoms. The molecule has 0 amide bonds. The molecule has 1 aromatic heterocycles. The Morgan fingerprint density at radius 3 is 2.85 bits per heavy atom. The molecule has 1 aliphatic carbocycles. The van der Waals surface area contributed by atoms with Crippen molar-refractivity contribution in [3.8, 4) is 0 Å². The molecule has 2 nitrogen and oxygen atoms in total. The predicted molar refractivity (Wildman–Crippen MR) is 58.1 cm³/mol. The summed E-state index contributed by atoms with van der Waals surface area (Å²) in [7, 11) is 2.12. The van der Waals surface area contributed by atoms with Gasteiger partial charge in [-0.1, -0.05) is 0 Å². The third-order valence-corrected chi connectivity index (χ3v) is 3.47. The first-order valence-electron chi connectivity index (χ1n) is 4.54. The van der Waals surface area contributed by atoms with E-state index in [0.717, 1.165) is 10.3 Å². The maximum Gasteiger partial charge on any atom is 0.143 e. The lowest BCUT2D eigenvalue weighted by Gasteiger charge is -2.19. The maximum atomic E-state index is 4.38. The van der Waals surface area contributed by atoms with Crippen LogP contribution in [0.3, 0.4) is 0 Å². The fraction of sp³-hybridized carbons (Fsp3) is 0.500. The molecule has 0 aliphatic heterocycles. The summed E-state index contributed by atoms with van der Waals surface area (Å²) in [4.78, 5) is 6.64. The fourth-order valence-electron chi connectivity index (χ4n) is 1.41. The van der Waals surface area contributed by atoms with E-state index in [1.54, 1.807) is 0 Å². The molecule has 3 heteroatoms. The lowest BCUT2D eigenvalue weighted by Crippen LogP contribution is -2.21. The van der Waals surface area contributed by atoms with Crippen LogP contribution in [0.15, 0.2) is 16.7 Å². The van der Waals surface area contributed by atoms with Crippen molar-refractivity contribution in [3.63, 3.8) is 0 Å². The van der Waals surface area contributed by atoms with Gasteiger partial charge >= 0.3 is 0 Å². The first-order valence-corrected chi connectivity index (χ1v) is 5.33. The van der Waals surface area contributed by atoms with Crippen molar-refractivity contribution in [2.45, 2.75) is 25.8 Å². The number of halogens is 1.